The number of hydrogen-bond donors (Lipinski definition) is 1. The van der Waals surface area contributed by atoms with E-state index in [9.17, 15) is 23.6 Å². The zero-order chi connectivity index (χ0) is 30.9. The largest absolute Gasteiger partial charge is 0.460 e. The molecule has 1 aliphatic heterocycles. The van der Waals surface area contributed by atoms with Gasteiger partial charge in [-0.3, -0.25) is 14.4 Å². The van der Waals surface area contributed by atoms with Crippen LogP contribution in [0.1, 0.15) is 63.9 Å². The molecule has 42 heavy (non-hydrogen) atoms. The van der Waals surface area contributed by atoms with Crippen molar-refractivity contribution in [3.63, 3.8) is 0 Å². The summed E-state index contributed by atoms with van der Waals surface area (Å²) in [6.07, 6.45) is 1.10. The molecule has 1 atom stereocenters. The Labute approximate surface area is 249 Å². The van der Waals surface area contributed by atoms with Crippen LogP contribution in [0.5, 0.6) is 0 Å². The second-order valence-electron chi connectivity index (χ2n) is 10.8. The third-order valence-electron chi connectivity index (χ3n) is 6.26. The van der Waals surface area contributed by atoms with E-state index in [1.807, 2.05) is 6.92 Å². The molecule has 2 heterocycles. The van der Waals surface area contributed by atoms with Gasteiger partial charge in [0, 0.05) is 44.2 Å². The van der Waals surface area contributed by atoms with Crippen molar-refractivity contribution < 1.29 is 33.0 Å². The molecule has 0 bridgehead atoms. The first-order valence-corrected chi connectivity index (χ1v) is 14.3. The third kappa shape index (κ3) is 9.93. The van der Waals surface area contributed by atoms with Crippen molar-refractivity contribution in [1.82, 2.24) is 25.1 Å². The van der Waals surface area contributed by atoms with Crippen LogP contribution in [-0.4, -0.2) is 88.1 Å². The molecule has 1 saturated heterocycles. The maximum atomic E-state index is 13.6. The van der Waals surface area contributed by atoms with Crippen LogP contribution in [0.2, 0.25) is 5.15 Å². The molecule has 0 saturated carbocycles. The number of esters is 1. The third-order valence-corrected chi connectivity index (χ3v) is 6.46. The standard InChI is InChI=1S/C29H37ClFN5O6/c1-5-6-17-41-28(40)36-15-13-35(14-16-36)27(39)21(11-12-24(37)42-29(2,3)4)33-26(38)22-18-23(30)34-25(32-22)19-7-9-20(31)10-8-19/h7-10,18,21H,5-6,11-17H2,1-4H3,(H,33,38). The number of piperazine rings is 1. The smallest absolute Gasteiger partial charge is 0.409 e. The molecule has 13 heteroatoms. The van der Waals surface area contributed by atoms with Gasteiger partial charge >= 0.3 is 12.1 Å². The van der Waals surface area contributed by atoms with Crippen molar-refractivity contribution in [3.05, 3.63) is 47.0 Å². The normalized spacial score (nSPS) is 14.2. The Morgan fingerprint density at radius 1 is 1.05 bits per heavy atom. The molecule has 0 aliphatic carbocycles. The molecule has 3 amide bonds. The van der Waals surface area contributed by atoms with E-state index in [-0.39, 0.29) is 55.7 Å². The fourth-order valence-corrected chi connectivity index (χ4v) is 4.31. The fraction of sp³-hybridized carbons (Fsp3) is 0.517. The van der Waals surface area contributed by atoms with Crippen LogP contribution in [-0.2, 0) is 19.1 Å². The maximum absolute atomic E-state index is 13.6. The highest BCUT2D eigenvalue weighted by Crippen LogP contribution is 2.19. The van der Waals surface area contributed by atoms with Gasteiger partial charge < -0.3 is 24.6 Å². The van der Waals surface area contributed by atoms with E-state index in [4.69, 9.17) is 21.1 Å². The zero-order valence-electron chi connectivity index (χ0n) is 24.3. The van der Waals surface area contributed by atoms with E-state index >= 15 is 0 Å². The second-order valence-corrected chi connectivity index (χ2v) is 11.2. The zero-order valence-corrected chi connectivity index (χ0v) is 25.1. The predicted molar refractivity (Wildman–Crippen MR) is 153 cm³/mol. The van der Waals surface area contributed by atoms with Crippen LogP contribution >= 0.6 is 11.6 Å². The van der Waals surface area contributed by atoms with Crippen molar-refractivity contribution in [1.29, 1.82) is 0 Å². The number of unbranched alkanes of at least 4 members (excludes halogenated alkanes) is 1. The van der Waals surface area contributed by atoms with Gasteiger partial charge in [0.1, 0.15) is 28.3 Å². The summed E-state index contributed by atoms with van der Waals surface area (Å²) in [7, 11) is 0. The van der Waals surface area contributed by atoms with E-state index in [1.165, 1.54) is 40.1 Å². The molecule has 0 spiro atoms. The van der Waals surface area contributed by atoms with Gasteiger partial charge in [0.2, 0.25) is 5.91 Å². The first-order valence-electron chi connectivity index (χ1n) is 13.9. The summed E-state index contributed by atoms with van der Waals surface area (Å²) in [5, 5.41) is 2.66. The lowest BCUT2D eigenvalue weighted by molar-refractivity contribution is -0.155. The highest BCUT2D eigenvalue weighted by molar-refractivity contribution is 6.29. The quantitative estimate of drug-likeness (QED) is 0.242. The number of rotatable bonds is 10. The molecule has 1 aromatic heterocycles. The fourth-order valence-electron chi connectivity index (χ4n) is 4.13. The molecule has 1 aliphatic rings. The van der Waals surface area contributed by atoms with Crippen molar-refractivity contribution in [2.75, 3.05) is 32.8 Å². The maximum Gasteiger partial charge on any atom is 0.409 e. The molecule has 2 aromatic rings. The first kappa shape index (κ1) is 32.7. The van der Waals surface area contributed by atoms with Gasteiger partial charge in [-0.15, -0.1) is 0 Å². The lowest BCUT2D eigenvalue weighted by Gasteiger charge is -2.36. The number of nitrogens with zero attached hydrogens (tertiary/aromatic N) is 4. The Morgan fingerprint density at radius 3 is 2.31 bits per heavy atom. The molecule has 11 nitrogen and oxygen atoms in total. The van der Waals surface area contributed by atoms with Crippen molar-refractivity contribution in [3.8, 4) is 11.4 Å². The van der Waals surface area contributed by atoms with Crippen LogP contribution < -0.4 is 5.32 Å². The van der Waals surface area contributed by atoms with E-state index in [1.54, 1.807) is 20.8 Å². The Morgan fingerprint density at radius 2 is 1.69 bits per heavy atom. The summed E-state index contributed by atoms with van der Waals surface area (Å²) in [5.41, 5.74) is -0.378. The first-order chi connectivity index (χ1) is 19.9. The number of aromatic nitrogens is 2. The molecule has 1 aromatic carbocycles. The lowest BCUT2D eigenvalue weighted by atomic mass is 10.1. The van der Waals surface area contributed by atoms with Crippen LogP contribution in [0, 0.1) is 5.82 Å². The second kappa shape index (κ2) is 14.9. The molecule has 228 valence electrons. The molecule has 1 N–H and O–H groups in total. The average molecular weight is 606 g/mol. The Kier molecular flexibility index (Phi) is 11.6. The number of hydrogen-bond acceptors (Lipinski definition) is 8. The molecule has 0 radical (unpaired) electrons. The monoisotopic (exact) mass is 605 g/mol. The summed E-state index contributed by atoms with van der Waals surface area (Å²) >= 11 is 6.16. The number of halogens is 2. The van der Waals surface area contributed by atoms with Gasteiger partial charge in [-0.2, -0.15) is 0 Å². The minimum absolute atomic E-state index is 0.0203. The Balaban J connectivity index is 1.74. The Hall–Kier alpha value is -3.80. The van der Waals surface area contributed by atoms with Gasteiger partial charge in [0.25, 0.3) is 5.91 Å². The molecule has 1 unspecified atom stereocenters. The number of carbonyl (C=O) groups is 4. The van der Waals surface area contributed by atoms with Crippen molar-refractivity contribution in [2.45, 2.75) is 65.0 Å². The van der Waals surface area contributed by atoms with Crippen LogP contribution in [0.3, 0.4) is 0 Å². The topological polar surface area (TPSA) is 131 Å². The van der Waals surface area contributed by atoms with Crippen LogP contribution in [0.15, 0.2) is 30.3 Å². The molecule has 1 fully saturated rings. The van der Waals surface area contributed by atoms with E-state index in [0.29, 0.717) is 12.2 Å². The minimum Gasteiger partial charge on any atom is -0.460 e. The van der Waals surface area contributed by atoms with Gasteiger partial charge in [-0.1, -0.05) is 24.9 Å². The van der Waals surface area contributed by atoms with Crippen molar-refractivity contribution >= 4 is 35.5 Å². The van der Waals surface area contributed by atoms with E-state index < -0.39 is 41.3 Å². The molecular weight excluding hydrogens is 569 g/mol. The lowest BCUT2D eigenvalue weighted by Crippen LogP contribution is -2.56. The molecule has 3 rings (SSSR count). The SMILES string of the molecule is CCCCOC(=O)N1CCN(C(=O)C(CCC(=O)OC(C)(C)C)NC(=O)c2cc(Cl)nc(-c3ccc(F)cc3)n2)CC1. The summed E-state index contributed by atoms with van der Waals surface area (Å²) in [6.45, 7) is 8.54. The summed E-state index contributed by atoms with van der Waals surface area (Å²) in [6, 6.07) is 5.54. The highest BCUT2D eigenvalue weighted by atomic mass is 35.5. The number of carbonyl (C=O) groups excluding carboxylic acids is 4. The number of amides is 3. The van der Waals surface area contributed by atoms with Crippen LogP contribution in [0.4, 0.5) is 9.18 Å². The average Bonchev–Trinajstić information content (AvgIpc) is 2.94. The number of ether oxygens (including phenoxy) is 2. The van der Waals surface area contributed by atoms with Gasteiger partial charge in [-0.25, -0.2) is 19.2 Å². The van der Waals surface area contributed by atoms with Crippen LogP contribution in [0.25, 0.3) is 11.4 Å². The Bertz CT molecular complexity index is 1260. The van der Waals surface area contributed by atoms with Gasteiger partial charge in [0.05, 0.1) is 6.61 Å². The summed E-state index contributed by atoms with van der Waals surface area (Å²) in [4.78, 5) is 63.0. The predicted octanol–water partition coefficient (Wildman–Crippen LogP) is 4.24. The van der Waals surface area contributed by atoms with Gasteiger partial charge in [-0.05, 0) is 57.9 Å². The molecular formula is C29H37ClFN5O6. The van der Waals surface area contributed by atoms with E-state index in [0.717, 1.165) is 12.8 Å². The van der Waals surface area contributed by atoms with Crippen molar-refractivity contribution in [2.24, 2.45) is 0 Å². The summed E-state index contributed by atoms with van der Waals surface area (Å²) in [5.74, 6) is -1.98. The number of benzene rings is 1. The highest BCUT2D eigenvalue weighted by Gasteiger charge is 2.32. The number of nitrogens with one attached hydrogen (secondary N) is 1. The summed E-state index contributed by atoms with van der Waals surface area (Å²) < 4.78 is 24.0. The van der Waals surface area contributed by atoms with E-state index in [2.05, 4.69) is 15.3 Å². The minimum atomic E-state index is -1.09. The van der Waals surface area contributed by atoms with Gasteiger partial charge in [0.15, 0.2) is 5.82 Å².